The Kier molecular flexibility index (Phi) is 1.76. The Morgan fingerprint density at radius 2 is 2.30 bits per heavy atom. The average molecular weight is 211 g/mol. The average Bonchev–Trinajstić information content (AvgIpc) is 2.11. The van der Waals surface area contributed by atoms with Crippen LogP contribution in [0.4, 0.5) is 8.78 Å². The molecular weight excluding hydrogens is 206 g/mol. The van der Waals surface area contributed by atoms with Gasteiger partial charge in [0.2, 0.25) is 0 Å². The Labute approximate surface area is 65.0 Å². The van der Waals surface area contributed by atoms with Gasteiger partial charge >= 0.3 is 4.96 Å². The smallest absolute Gasteiger partial charge is 0.196 e. The van der Waals surface area contributed by atoms with Crippen molar-refractivity contribution >= 4 is 15.9 Å². The first-order chi connectivity index (χ1) is 4.52. The van der Waals surface area contributed by atoms with Crippen molar-refractivity contribution in [3.8, 4) is 0 Å². The van der Waals surface area contributed by atoms with E-state index < -0.39 is 4.96 Å². The first kappa shape index (κ1) is 7.65. The molecule has 0 atom stereocenters. The van der Waals surface area contributed by atoms with Gasteiger partial charge < -0.3 is 0 Å². The molecule has 0 unspecified atom stereocenters. The number of hydrogen-bond acceptors (Lipinski definition) is 1. The van der Waals surface area contributed by atoms with Crippen LogP contribution >= 0.6 is 15.9 Å². The SMILES string of the molecule is Cc1ccnn1C(F)(F)Br. The lowest BCUT2D eigenvalue weighted by atomic mass is 10.5. The summed E-state index contributed by atoms with van der Waals surface area (Å²) in [4.78, 5) is -3.07. The highest BCUT2D eigenvalue weighted by Crippen LogP contribution is 2.27. The van der Waals surface area contributed by atoms with E-state index in [-0.39, 0.29) is 0 Å². The largest absolute Gasteiger partial charge is 0.401 e. The highest BCUT2D eigenvalue weighted by Gasteiger charge is 2.28. The van der Waals surface area contributed by atoms with Gasteiger partial charge in [0.05, 0.1) is 0 Å². The van der Waals surface area contributed by atoms with Gasteiger partial charge in [-0.3, -0.25) is 0 Å². The monoisotopic (exact) mass is 210 g/mol. The van der Waals surface area contributed by atoms with Crippen molar-refractivity contribution in [1.82, 2.24) is 9.78 Å². The molecule has 0 saturated carbocycles. The molecule has 0 radical (unpaired) electrons. The van der Waals surface area contributed by atoms with Crippen LogP contribution in [0.15, 0.2) is 12.3 Å². The van der Waals surface area contributed by atoms with Crippen molar-refractivity contribution in [1.29, 1.82) is 0 Å². The molecule has 1 rings (SSSR count). The van der Waals surface area contributed by atoms with Crippen LogP contribution in [0.5, 0.6) is 0 Å². The number of alkyl halides is 3. The fourth-order valence-electron chi connectivity index (χ4n) is 0.635. The van der Waals surface area contributed by atoms with Crippen LogP contribution in [0.2, 0.25) is 0 Å². The molecule has 5 heteroatoms. The van der Waals surface area contributed by atoms with Crippen molar-refractivity contribution in [3.05, 3.63) is 18.0 Å². The second-order valence-corrected chi connectivity index (χ2v) is 2.81. The van der Waals surface area contributed by atoms with Crippen molar-refractivity contribution in [2.45, 2.75) is 11.9 Å². The summed E-state index contributed by atoms with van der Waals surface area (Å²) >= 11 is 2.18. The van der Waals surface area contributed by atoms with Crippen molar-refractivity contribution in [2.24, 2.45) is 0 Å². The van der Waals surface area contributed by atoms with E-state index in [0.29, 0.717) is 10.4 Å². The Hall–Kier alpha value is -0.450. The minimum atomic E-state index is -3.07. The highest BCUT2D eigenvalue weighted by atomic mass is 79.9. The Morgan fingerprint density at radius 3 is 2.50 bits per heavy atom. The molecular formula is C5H5BrF2N2. The summed E-state index contributed by atoms with van der Waals surface area (Å²) in [6, 6.07) is 1.51. The van der Waals surface area contributed by atoms with E-state index >= 15 is 0 Å². The van der Waals surface area contributed by atoms with Crippen LogP contribution < -0.4 is 0 Å². The lowest BCUT2D eigenvalue weighted by molar-refractivity contribution is 0.0180. The molecule has 56 valence electrons. The quantitative estimate of drug-likeness (QED) is 0.650. The fraction of sp³-hybridized carbons (Fsp3) is 0.400. The van der Waals surface area contributed by atoms with E-state index in [2.05, 4.69) is 21.0 Å². The number of nitrogens with zero attached hydrogens (tertiary/aromatic N) is 2. The molecule has 0 amide bonds. The molecule has 0 aliphatic rings. The maximum Gasteiger partial charge on any atom is 0.401 e. The van der Waals surface area contributed by atoms with Gasteiger partial charge in [0.25, 0.3) is 0 Å². The number of halogens is 3. The van der Waals surface area contributed by atoms with Gasteiger partial charge in [-0.1, -0.05) is 0 Å². The predicted molar refractivity (Wildman–Crippen MR) is 36.1 cm³/mol. The molecule has 0 bridgehead atoms. The number of aromatic nitrogens is 2. The molecule has 0 saturated heterocycles. The Bertz CT molecular complexity index is 228. The lowest BCUT2D eigenvalue weighted by Crippen LogP contribution is -2.17. The second kappa shape index (κ2) is 2.30. The van der Waals surface area contributed by atoms with Gasteiger partial charge in [0.1, 0.15) is 0 Å². The summed E-state index contributed by atoms with van der Waals surface area (Å²) < 4.78 is 25.3. The van der Waals surface area contributed by atoms with Crippen LogP contribution in [0.3, 0.4) is 0 Å². The molecule has 0 fully saturated rings. The molecule has 1 aromatic rings. The molecule has 0 aromatic carbocycles. The summed E-state index contributed by atoms with van der Waals surface area (Å²) in [6.45, 7) is 1.56. The summed E-state index contributed by atoms with van der Waals surface area (Å²) in [6.07, 6.45) is 1.32. The van der Waals surface area contributed by atoms with Gasteiger partial charge in [-0.25, -0.2) is 0 Å². The van der Waals surface area contributed by atoms with Gasteiger partial charge in [0, 0.05) is 27.8 Å². The zero-order chi connectivity index (χ0) is 7.78. The Balaban J connectivity index is 3.05. The minimum absolute atomic E-state index is 0.418. The van der Waals surface area contributed by atoms with E-state index in [1.807, 2.05) is 0 Å². The molecule has 2 nitrogen and oxygen atoms in total. The van der Waals surface area contributed by atoms with Crippen molar-refractivity contribution in [3.63, 3.8) is 0 Å². The van der Waals surface area contributed by atoms with Crippen LogP contribution in [-0.2, 0) is 4.96 Å². The van der Waals surface area contributed by atoms with Crippen LogP contribution in [0.25, 0.3) is 0 Å². The maximum absolute atomic E-state index is 12.4. The van der Waals surface area contributed by atoms with Gasteiger partial charge in [-0.15, -0.1) is 0 Å². The van der Waals surface area contributed by atoms with E-state index in [1.165, 1.54) is 12.3 Å². The minimum Gasteiger partial charge on any atom is -0.196 e. The molecule has 10 heavy (non-hydrogen) atoms. The third-order valence-corrected chi connectivity index (χ3v) is 1.41. The third-order valence-electron chi connectivity index (χ3n) is 1.07. The molecule has 1 heterocycles. The summed E-state index contributed by atoms with van der Waals surface area (Å²) in [7, 11) is 0. The van der Waals surface area contributed by atoms with Gasteiger partial charge in [-0.05, 0) is 13.0 Å². The zero-order valence-electron chi connectivity index (χ0n) is 5.18. The molecule has 1 aromatic heterocycles. The summed E-state index contributed by atoms with van der Waals surface area (Å²) in [5, 5.41) is 3.41. The van der Waals surface area contributed by atoms with Crippen molar-refractivity contribution < 1.29 is 8.78 Å². The first-order valence-corrected chi connectivity index (χ1v) is 3.39. The number of hydrogen-bond donors (Lipinski definition) is 0. The van der Waals surface area contributed by atoms with Gasteiger partial charge in [-0.2, -0.15) is 18.6 Å². The van der Waals surface area contributed by atoms with Crippen LogP contribution in [0, 0.1) is 6.92 Å². The van der Waals surface area contributed by atoms with Crippen LogP contribution in [0.1, 0.15) is 5.69 Å². The fourth-order valence-corrected chi connectivity index (χ4v) is 1.01. The zero-order valence-corrected chi connectivity index (χ0v) is 6.77. The number of aryl methyl sites for hydroxylation is 1. The first-order valence-electron chi connectivity index (χ1n) is 2.59. The predicted octanol–water partition coefficient (Wildman–Crippen LogP) is 2.09. The third kappa shape index (κ3) is 1.34. The lowest BCUT2D eigenvalue weighted by Gasteiger charge is -2.09. The van der Waals surface area contributed by atoms with E-state index in [4.69, 9.17) is 0 Å². The molecule has 0 aliphatic carbocycles. The maximum atomic E-state index is 12.4. The van der Waals surface area contributed by atoms with E-state index in [0.717, 1.165) is 0 Å². The highest BCUT2D eigenvalue weighted by molar-refractivity contribution is 9.09. The van der Waals surface area contributed by atoms with E-state index in [1.54, 1.807) is 6.92 Å². The summed E-state index contributed by atoms with van der Waals surface area (Å²) in [5.41, 5.74) is 0.418. The molecule has 0 aliphatic heterocycles. The number of rotatable bonds is 1. The standard InChI is InChI=1S/C5H5BrF2N2/c1-4-2-3-9-10(4)5(6,7)8/h2-3H,1H3. The van der Waals surface area contributed by atoms with Crippen molar-refractivity contribution in [2.75, 3.05) is 0 Å². The topological polar surface area (TPSA) is 17.8 Å². The normalized spacial score (nSPS) is 12.0. The van der Waals surface area contributed by atoms with Crippen LogP contribution in [-0.4, -0.2) is 9.78 Å². The van der Waals surface area contributed by atoms with E-state index in [9.17, 15) is 8.78 Å². The van der Waals surface area contributed by atoms with Gasteiger partial charge in [0.15, 0.2) is 0 Å². The Morgan fingerprint density at radius 1 is 1.70 bits per heavy atom. The molecule has 0 spiro atoms. The summed E-state index contributed by atoms with van der Waals surface area (Å²) in [5.74, 6) is 0. The molecule has 0 N–H and O–H groups in total. The second-order valence-electron chi connectivity index (χ2n) is 1.85.